The fourth-order valence-corrected chi connectivity index (χ4v) is 2.90. The third kappa shape index (κ3) is 3.46. The van der Waals surface area contributed by atoms with Crippen LogP contribution in [0.4, 0.5) is 0 Å². The molecule has 0 radical (unpaired) electrons. The maximum Gasteiger partial charge on any atom is 0.000966 e. The van der Waals surface area contributed by atoms with Crippen LogP contribution < -0.4 is 5.73 Å². The molecule has 0 aromatic carbocycles. The lowest BCUT2D eigenvalue weighted by atomic mass is 9.84. The molecular formula is C13H26N2. The molecule has 15 heavy (non-hydrogen) atoms. The van der Waals surface area contributed by atoms with Gasteiger partial charge in [0.05, 0.1) is 0 Å². The molecule has 0 spiro atoms. The molecule has 2 aliphatic rings. The van der Waals surface area contributed by atoms with Crippen molar-refractivity contribution in [2.24, 2.45) is 17.6 Å². The van der Waals surface area contributed by atoms with Crippen LogP contribution in [0.25, 0.3) is 0 Å². The van der Waals surface area contributed by atoms with Crippen molar-refractivity contribution in [3.05, 3.63) is 0 Å². The largest absolute Gasteiger partial charge is 0.330 e. The van der Waals surface area contributed by atoms with Crippen LogP contribution in [-0.2, 0) is 0 Å². The van der Waals surface area contributed by atoms with Crippen LogP contribution in [0.15, 0.2) is 0 Å². The number of nitrogens with two attached hydrogens (primary N) is 1. The Morgan fingerprint density at radius 3 is 2.27 bits per heavy atom. The Morgan fingerprint density at radius 2 is 1.73 bits per heavy atom. The maximum absolute atomic E-state index is 5.55. The number of hydrogen-bond donors (Lipinski definition) is 1. The van der Waals surface area contributed by atoms with Crippen LogP contribution in [0.3, 0.4) is 0 Å². The Balaban J connectivity index is 1.58. The lowest BCUT2D eigenvalue weighted by molar-refractivity contribution is 0.128. The molecule has 0 aromatic rings. The van der Waals surface area contributed by atoms with E-state index in [-0.39, 0.29) is 0 Å². The van der Waals surface area contributed by atoms with Crippen molar-refractivity contribution in [3.63, 3.8) is 0 Å². The monoisotopic (exact) mass is 210 g/mol. The zero-order chi connectivity index (χ0) is 10.5. The summed E-state index contributed by atoms with van der Waals surface area (Å²) >= 11 is 0. The van der Waals surface area contributed by atoms with Crippen LogP contribution in [0.1, 0.15) is 44.9 Å². The highest BCUT2D eigenvalue weighted by atomic mass is 15.1. The minimum atomic E-state index is 0.877. The first-order valence-electron chi connectivity index (χ1n) is 6.81. The third-order valence-electron chi connectivity index (χ3n) is 4.26. The number of piperidine rings is 1. The van der Waals surface area contributed by atoms with E-state index < -0.39 is 0 Å². The second-order valence-corrected chi connectivity index (χ2v) is 5.47. The Kier molecular flexibility index (Phi) is 4.45. The van der Waals surface area contributed by atoms with Gasteiger partial charge in [-0.3, -0.25) is 0 Å². The number of rotatable bonds is 5. The van der Waals surface area contributed by atoms with Gasteiger partial charge in [0.15, 0.2) is 0 Å². The smallest absolute Gasteiger partial charge is 0.000966 e. The van der Waals surface area contributed by atoms with Crippen molar-refractivity contribution in [3.8, 4) is 0 Å². The summed E-state index contributed by atoms with van der Waals surface area (Å²) in [5.74, 6) is 2.02. The molecule has 1 aliphatic carbocycles. The van der Waals surface area contributed by atoms with Crippen LogP contribution in [0, 0.1) is 11.8 Å². The van der Waals surface area contributed by atoms with Gasteiger partial charge >= 0.3 is 0 Å². The Bertz CT molecular complexity index is 169. The van der Waals surface area contributed by atoms with E-state index in [1.165, 1.54) is 64.6 Å². The van der Waals surface area contributed by atoms with Crippen molar-refractivity contribution < 1.29 is 0 Å². The van der Waals surface area contributed by atoms with E-state index in [0.717, 1.165) is 18.4 Å². The summed E-state index contributed by atoms with van der Waals surface area (Å²) in [5.41, 5.74) is 5.55. The normalized spacial score (nSPS) is 25.4. The highest BCUT2D eigenvalue weighted by Crippen LogP contribution is 2.29. The van der Waals surface area contributed by atoms with E-state index in [0.29, 0.717) is 0 Å². The maximum atomic E-state index is 5.55. The van der Waals surface area contributed by atoms with E-state index in [4.69, 9.17) is 5.73 Å². The number of likely N-dealkylation sites (tertiary alicyclic amines) is 1. The lowest BCUT2D eigenvalue weighted by Crippen LogP contribution is -2.38. The van der Waals surface area contributed by atoms with Crippen molar-refractivity contribution >= 4 is 0 Å². The van der Waals surface area contributed by atoms with Gasteiger partial charge in [-0.1, -0.05) is 6.42 Å². The van der Waals surface area contributed by atoms with Crippen molar-refractivity contribution in [2.45, 2.75) is 44.9 Å². The molecule has 1 heterocycles. The zero-order valence-electron chi connectivity index (χ0n) is 9.96. The molecule has 88 valence electrons. The standard InChI is InChI=1S/C13H26N2/c14-8-2-5-12-6-9-15(10-7-12)11-13-3-1-4-13/h12-13H,1-11,14H2. The first-order valence-corrected chi connectivity index (χ1v) is 6.81. The van der Waals surface area contributed by atoms with Crippen LogP contribution in [0.2, 0.25) is 0 Å². The lowest BCUT2D eigenvalue weighted by Gasteiger charge is -2.37. The fraction of sp³-hybridized carbons (Fsp3) is 1.00. The molecule has 0 bridgehead atoms. The van der Waals surface area contributed by atoms with E-state index in [1.54, 1.807) is 0 Å². The second-order valence-electron chi connectivity index (χ2n) is 5.47. The number of hydrogen-bond acceptors (Lipinski definition) is 2. The van der Waals surface area contributed by atoms with Gasteiger partial charge in [-0.2, -0.15) is 0 Å². The Morgan fingerprint density at radius 1 is 1.00 bits per heavy atom. The molecule has 0 amide bonds. The molecule has 0 aromatic heterocycles. The molecule has 1 aliphatic heterocycles. The van der Waals surface area contributed by atoms with Gasteiger partial charge in [-0.25, -0.2) is 0 Å². The molecule has 1 saturated carbocycles. The minimum Gasteiger partial charge on any atom is -0.330 e. The summed E-state index contributed by atoms with van der Waals surface area (Å²) in [6.07, 6.45) is 9.92. The summed E-state index contributed by atoms with van der Waals surface area (Å²) in [6, 6.07) is 0. The number of nitrogens with zero attached hydrogens (tertiary/aromatic N) is 1. The zero-order valence-corrected chi connectivity index (χ0v) is 9.96. The predicted molar refractivity (Wildman–Crippen MR) is 64.8 cm³/mol. The Hall–Kier alpha value is -0.0800. The van der Waals surface area contributed by atoms with Gasteiger partial charge in [0.1, 0.15) is 0 Å². The van der Waals surface area contributed by atoms with E-state index in [2.05, 4.69) is 4.90 Å². The van der Waals surface area contributed by atoms with Gasteiger partial charge in [0.2, 0.25) is 0 Å². The molecule has 2 heteroatoms. The molecule has 1 saturated heterocycles. The highest BCUT2D eigenvalue weighted by molar-refractivity contribution is 4.78. The molecule has 2 fully saturated rings. The molecule has 0 unspecified atom stereocenters. The fourth-order valence-electron chi connectivity index (χ4n) is 2.90. The first kappa shape index (κ1) is 11.4. The van der Waals surface area contributed by atoms with Crippen molar-refractivity contribution in [1.82, 2.24) is 4.90 Å². The van der Waals surface area contributed by atoms with Crippen LogP contribution in [-0.4, -0.2) is 31.1 Å². The van der Waals surface area contributed by atoms with Crippen LogP contribution in [0.5, 0.6) is 0 Å². The van der Waals surface area contributed by atoms with Gasteiger partial charge < -0.3 is 10.6 Å². The average molecular weight is 210 g/mol. The van der Waals surface area contributed by atoms with Gasteiger partial charge in [0, 0.05) is 6.54 Å². The van der Waals surface area contributed by atoms with Gasteiger partial charge in [0.25, 0.3) is 0 Å². The second kappa shape index (κ2) is 5.86. The molecule has 0 atom stereocenters. The SMILES string of the molecule is NCCCC1CCN(CC2CCC2)CC1. The Labute approximate surface area is 94.2 Å². The summed E-state index contributed by atoms with van der Waals surface area (Å²) in [7, 11) is 0. The first-order chi connectivity index (χ1) is 7.38. The molecule has 2 rings (SSSR count). The van der Waals surface area contributed by atoms with E-state index >= 15 is 0 Å². The molecule has 2 nitrogen and oxygen atoms in total. The summed E-state index contributed by atoms with van der Waals surface area (Å²) < 4.78 is 0. The van der Waals surface area contributed by atoms with E-state index in [1.807, 2.05) is 0 Å². The molecular weight excluding hydrogens is 184 g/mol. The molecule has 2 N–H and O–H groups in total. The van der Waals surface area contributed by atoms with Gasteiger partial charge in [-0.05, 0) is 70.0 Å². The van der Waals surface area contributed by atoms with E-state index in [9.17, 15) is 0 Å². The summed E-state index contributed by atoms with van der Waals surface area (Å²) in [6.45, 7) is 4.98. The highest BCUT2D eigenvalue weighted by Gasteiger charge is 2.24. The predicted octanol–water partition coefficient (Wildman–Crippen LogP) is 2.24. The van der Waals surface area contributed by atoms with Crippen LogP contribution >= 0.6 is 0 Å². The summed E-state index contributed by atoms with van der Waals surface area (Å²) in [4.78, 5) is 2.70. The average Bonchev–Trinajstić information content (AvgIpc) is 2.22. The minimum absolute atomic E-state index is 0.877. The third-order valence-corrected chi connectivity index (χ3v) is 4.26. The van der Waals surface area contributed by atoms with Crippen molar-refractivity contribution in [2.75, 3.05) is 26.2 Å². The summed E-state index contributed by atoms with van der Waals surface area (Å²) in [5, 5.41) is 0. The van der Waals surface area contributed by atoms with Gasteiger partial charge in [-0.15, -0.1) is 0 Å². The topological polar surface area (TPSA) is 29.3 Å². The van der Waals surface area contributed by atoms with Crippen molar-refractivity contribution in [1.29, 1.82) is 0 Å². The quantitative estimate of drug-likeness (QED) is 0.754.